The van der Waals surface area contributed by atoms with Crippen LogP contribution in [0.1, 0.15) is 13.3 Å². The van der Waals surface area contributed by atoms with Gasteiger partial charge in [-0.3, -0.25) is 4.79 Å². The summed E-state index contributed by atoms with van der Waals surface area (Å²) >= 11 is 5.78. The summed E-state index contributed by atoms with van der Waals surface area (Å²) in [7, 11) is 0. The van der Waals surface area contributed by atoms with Crippen molar-refractivity contribution in [1.29, 1.82) is 0 Å². The number of hydrogen-bond donors (Lipinski definition) is 2. The molecule has 0 aliphatic rings. The second kappa shape index (κ2) is 8.24. The standard InChI is InChI=1S/C16H18ClN3O2/c1-2-9-18-15-8-5-13(10-19-15)20-16(21)11-22-14-6-3-12(17)4-7-14/h3-8,10H,2,9,11H2,1H3,(H,18,19)(H,20,21). The third kappa shape index (κ3) is 5.26. The van der Waals surface area contributed by atoms with Crippen LogP contribution >= 0.6 is 11.6 Å². The van der Waals surface area contributed by atoms with Gasteiger partial charge >= 0.3 is 0 Å². The van der Waals surface area contributed by atoms with Gasteiger partial charge in [0.05, 0.1) is 11.9 Å². The summed E-state index contributed by atoms with van der Waals surface area (Å²) in [6, 6.07) is 10.5. The fraction of sp³-hybridized carbons (Fsp3) is 0.250. The molecule has 0 unspecified atom stereocenters. The molecule has 0 bridgehead atoms. The highest BCUT2D eigenvalue weighted by molar-refractivity contribution is 6.30. The van der Waals surface area contributed by atoms with E-state index in [1.54, 1.807) is 36.5 Å². The van der Waals surface area contributed by atoms with Crippen LogP contribution in [0, 0.1) is 0 Å². The van der Waals surface area contributed by atoms with Gasteiger partial charge in [-0.05, 0) is 42.8 Å². The van der Waals surface area contributed by atoms with E-state index < -0.39 is 0 Å². The average Bonchev–Trinajstić information content (AvgIpc) is 2.54. The highest BCUT2D eigenvalue weighted by Gasteiger charge is 2.04. The molecule has 1 aromatic carbocycles. The SMILES string of the molecule is CCCNc1ccc(NC(=O)COc2ccc(Cl)cc2)cn1. The molecular weight excluding hydrogens is 302 g/mol. The van der Waals surface area contributed by atoms with Gasteiger partial charge in [-0.1, -0.05) is 18.5 Å². The van der Waals surface area contributed by atoms with Crippen molar-refractivity contribution in [3.05, 3.63) is 47.6 Å². The maximum absolute atomic E-state index is 11.8. The van der Waals surface area contributed by atoms with Gasteiger partial charge in [0.2, 0.25) is 0 Å². The first kappa shape index (κ1) is 16.1. The van der Waals surface area contributed by atoms with E-state index in [4.69, 9.17) is 16.3 Å². The molecule has 1 amide bonds. The van der Waals surface area contributed by atoms with Crippen LogP contribution in [0.15, 0.2) is 42.6 Å². The van der Waals surface area contributed by atoms with Gasteiger partial charge in [0.1, 0.15) is 11.6 Å². The molecule has 22 heavy (non-hydrogen) atoms. The second-order valence-corrected chi connectivity index (χ2v) is 5.09. The number of amides is 1. The molecule has 0 atom stereocenters. The molecule has 0 spiro atoms. The second-order valence-electron chi connectivity index (χ2n) is 4.65. The van der Waals surface area contributed by atoms with E-state index in [0.29, 0.717) is 16.5 Å². The van der Waals surface area contributed by atoms with Gasteiger partial charge in [0, 0.05) is 11.6 Å². The number of ether oxygens (including phenoxy) is 1. The first-order valence-corrected chi connectivity index (χ1v) is 7.43. The first-order valence-electron chi connectivity index (χ1n) is 7.05. The number of pyridine rings is 1. The Labute approximate surface area is 134 Å². The fourth-order valence-corrected chi connectivity index (χ4v) is 1.83. The van der Waals surface area contributed by atoms with Crippen LogP contribution in [-0.4, -0.2) is 24.0 Å². The maximum Gasteiger partial charge on any atom is 0.262 e. The van der Waals surface area contributed by atoms with Crippen molar-refractivity contribution in [3.63, 3.8) is 0 Å². The van der Waals surface area contributed by atoms with Crippen LogP contribution < -0.4 is 15.4 Å². The fourth-order valence-electron chi connectivity index (χ4n) is 1.70. The number of benzene rings is 1. The Bertz CT molecular complexity index is 600. The zero-order valence-corrected chi connectivity index (χ0v) is 13.1. The summed E-state index contributed by atoms with van der Waals surface area (Å²) in [5, 5.41) is 6.52. The quantitative estimate of drug-likeness (QED) is 0.819. The minimum Gasteiger partial charge on any atom is -0.484 e. The Balaban J connectivity index is 1.80. The molecule has 0 aliphatic carbocycles. The van der Waals surface area contributed by atoms with Crippen LogP contribution in [0.25, 0.3) is 0 Å². The van der Waals surface area contributed by atoms with Gasteiger partial charge in [0.25, 0.3) is 5.91 Å². The van der Waals surface area contributed by atoms with Crippen LogP contribution in [-0.2, 0) is 4.79 Å². The minimum absolute atomic E-state index is 0.0720. The van der Waals surface area contributed by atoms with Gasteiger partial charge < -0.3 is 15.4 Å². The Morgan fingerprint density at radius 3 is 2.64 bits per heavy atom. The smallest absolute Gasteiger partial charge is 0.262 e. The van der Waals surface area contributed by atoms with E-state index in [2.05, 4.69) is 22.5 Å². The molecule has 116 valence electrons. The van der Waals surface area contributed by atoms with Crippen LogP contribution in [0.4, 0.5) is 11.5 Å². The Hall–Kier alpha value is -2.27. The van der Waals surface area contributed by atoms with E-state index in [-0.39, 0.29) is 12.5 Å². The van der Waals surface area contributed by atoms with E-state index in [1.807, 2.05) is 6.07 Å². The average molecular weight is 320 g/mol. The van der Waals surface area contributed by atoms with E-state index in [9.17, 15) is 4.79 Å². The Morgan fingerprint density at radius 1 is 1.23 bits per heavy atom. The number of hydrogen-bond acceptors (Lipinski definition) is 4. The summed E-state index contributed by atoms with van der Waals surface area (Å²) in [6.07, 6.45) is 2.64. The van der Waals surface area contributed by atoms with Crippen molar-refractivity contribution in [2.45, 2.75) is 13.3 Å². The molecule has 0 fully saturated rings. The van der Waals surface area contributed by atoms with Crippen molar-refractivity contribution in [3.8, 4) is 5.75 Å². The molecule has 1 aromatic heterocycles. The number of aromatic nitrogens is 1. The van der Waals surface area contributed by atoms with Gasteiger partial charge in [-0.15, -0.1) is 0 Å². The minimum atomic E-state index is -0.244. The van der Waals surface area contributed by atoms with Crippen LogP contribution in [0.3, 0.4) is 0 Å². The summed E-state index contributed by atoms with van der Waals surface area (Å²) < 4.78 is 5.37. The molecule has 0 saturated carbocycles. The highest BCUT2D eigenvalue weighted by Crippen LogP contribution is 2.15. The van der Waals surface area contributed by atoms with E-state index >= 15 is 0 Å². The summed E-state index contributed by atoms with van der Waals surface area (Å²) in [5.74, 6) is 1.14. The molecule has 2 N–H and O–H groups in total. The van der Waals surface area contributed by atoms with Crippen molar-refractivity contribution >= 4 is 29.0 Å². The first-order chi connectivity index (χ1) is 10.7. The molecular formula is C16H18ClN3O2. The number of rotatable bonds is 7. The maximum atomic E-state index is 11.8. The third-order valence-corrected chi connectivity index (χ3v) is 3.04. The monoisotopic (exact) mass is 319 g/mol. The van der Waals surface area contributed by atoms with Crippen molar-refractivity contribution < 1.29 is 9.53 Å². The van der Waals surface area contributed by atoms with E-state index in [0.717, 1.165) is 18.8 Å². The van der Waals surface area contributed by atoms with Gasteiger partial charge in [0.15, 0.2) is 6.61 Å². The topological polar surface area (TPSA) is 63.2 Å². The molecule has 1 heterocycles. The Kier molecular flexibility index (Phi) is 6.03. The molecule has 0 radical (unpaired) electrons. The van der Waals surface area contributed by atoms with Crippen LogP contribution in [0.2, 0.25) is 5.02 Å². The highest BCUT2D eigenvalue weighted by atomic mass is 35.5. The van der Waals surface area contributed by atoms with E-state index in [1.165, 1.54) is 0 Å². The molecule has 0 saturated heterocycles. The predicted molar refractivity (Wildman–Crippen MR) is 88.6 cm³/mol. The largest absolute Gasteiger partial charge is 0.484 e. The zero-order valence-electron chi connectivity index (χ0n) is 12.3. The molecule has 0 aliphatic heterocycles. The number of carbonyl (C=O) groups excluding carboxylic acids is 1. The number of nitrogens with zero attached hydrogens (tertiary/aromatic N) is 1. The zero-order chi connectivity index (χ0) is 15.8. The summed E-state index contributed by atoms with van der Waals surface area (Å²) in [5.41, 5.74) is 0.631. The molecule has 5 nitrogen and oxygen atoms in total. The van der Waals surface area contributed by atoms with Crippen molar-refractivity contribution in [2.24, 2.45) is 0 Å². The van der Waals surface area contributed by atoms with Crippen molar-refractivity contribution in [2.75, 3.05) is 23.8 Å². The van der Waals surface area contributed by atoms with Gasteiger partial charge in [-0.25, -0.2) is 4.98 Å². The lowest BCUT2D eigenvalue weighted by Crippen LogP contribution is -2.20. The molecule has 2 aromatic rings. The third-order valence-electron chi connectivity index (χ3n) is 2.79. The molecule has 6 heteroatoms. The normalized spacial score (nSPS) is 10.1. The van der Waals surface area contributed by atoms with Gasteiger partial charge in [-0.2, -0.15) is 0 Å². The lowest BCUT2D eigenvalue weighted by atomic mass is 10.3. The van der Waals surface area contributed by atoms with Crippen LogP contribution in [0.5, 0.6) is 5.75 Å². The predicted octanol–water partition coefficient (Wildman–Crippen LogP) is 3.57. The summed E-state index contributed by atoms with van der Waals surface area (Å²) in [4.78, 5) is 16.0. The molecule has 2 rings (SSSR count). The number of nitrogens with one attached hydrogen (secondary N) is 2. The lowest BCUT2D eigenvalue weighted by molar-refractivity contribution is -0.118. The van der Waals surface area contributed by atoms with Crippen molar-refractivity contribution in [1.82, 2.24) is 4.98 Å². The number of anilines is 2. The lowest BCUT2D eigenvalue weighted by Gasteiger charge is -2.08. The Morgan fingerprint density at radius 2 is 2.00 bits per heavy atom. The number of carbonyl (C=O) groups is 1. The number of halogens is 1. The summed E-state index contributed by atoms with van der Waals surface area (Å²) in [6.45, 7) is 2.88.